The van der Waals surface area contributed by atoms with Gasteiger partial charge >= 0.3 is 0 Å². The van der Waals surface area contributed by atoms with E-state index in [1.165, 1.54) is 5.56 Å². The minimum Gasteiger partial charge on any atom is -0.461 e. The molecule has 0 bridgehead atoms. The molecule has 31 heavy (non-hydrogen) atoms. The van der Waals surface area contributed by atoms with Crippen LogP contribution >= 0.6 is 11.6 Å². The van der Waals surface area contributed by atoms with Crippen LogP contribution in [0.4, 0.5) is 0 Å². The highest BCUT2D eigenvalue weighted by atomic mass is 35.5. The minimum absolute atomic E-state index is 0.396. The maximum atomic E-state index is 5.98. The van der Waals surface area contributed by atoms with Crippen molar-refractivity contribution in [2.45, 2.75) is 38.9 Å². The standard InChI is InChI=1S/C22H28ClN7O/c1-2-24-22(25-14-20-27-21(29-28-20)19-4-3-13-31-19)26-18-9-11-30(12-10-18)15-16-5-7-17(23)8-6-16/h3-8,13,18H,2,9-12,14-15H2,1H3,(H2,24,25,26)(H,27,28,29). The van der Waals surface area contributed by atoms with Crippen molar-refractivity contribution in [2.24, 2.45) is 4.99 Å². The number of piperidine rings is 1. The average molecular weight is 442 g/mol. The maximum Gasteiger partial charge on any atom is 0.216 e. The Balaban J connectivity index is 1.28. The monoisotopic (exact) mass is 441 g/mol. The van der Waals surface area contributed by atoms with E-state index in [1.54, 1.807) is 6.26 Å². The number of aliphatic imine (C=N–C) groups is 1. The molecule has 9 heteroatoms. The van der Waals surface area contributed by atoms with Gasteiger partial charge in [-0.3, -0.25) is 10.00 Å². The van der Waals surface area contributed by atoms with Crippen LogP contribution in [0.5, 0.6) is 0 Å². The molecule has 1 saturated heterocycles. The molecule has 1 fully saturated rings. The molecular weight excluding hydrogens is 414 g/mol. The van der Waals surface area contributed by atoms with Gasteiger partial charge in [0.05, 0.1) is 6.26 Å². The smallest absolute Gasteiger partial charge is 0.216 e. The van der Waals surface area contributed by atoms with Gasteiger partial charge in [0.2, 0.25) is 5.82 Å². The zero-order valence-corrected chi connectivity index (χ0v) is 18.4. The Labute approximate surface area is 187 Å². The first kappa shape index (κ1) is 21.4. The van der Waals surface area contributed by atoms with Crippen molar-refractivity contribution in [3.63, 3.8) is 0 Å². The number of H-pyrrole nitrogens is 1. The van der Waals surface area contributed by atoms with E-state index in [4.69, 9.17) is 16.0 Å². The van der Waals surface area contributed by atoms with E-state index >= 15 is 0 Å². The van der Waals surface area contributed by atoms with Crippen LogP contribution in [0.15, 0.2) is 52.1 Å². The summed E-state index contributed by atoms with van der Waals surface area (Å²) >= 11 is 5.98. The maximum absolute atomic E-state index is 5.98. The Hall–Kier alpha value is -2.84. The fourth-order valence-corrected chi connectivity index (χ4v) is 3.76. The number of rotatable bonds is 7. The van der Waals surface area contributed by atoms with Crippen LogP contribution in [0.25, 0.3) is 11.6 Å². The van der Waals surface area contributed by atoms with Gasteiger partial charge in [-0.1, -0.05) is 23.7 Å². The van der Waals surface area contributed by atoms with Crippen molar-refractivity contribution in [1.82, 2.24) is 30.7 Å². The Morgan fingerprint density at radius 2 is 2.06 bits per heavy atom. The highest BCUT2D eigenvalue weighted by Gasteiger charge is 2.20. The minimum atomic E-state index is 0.396. The molecule has 0 radical (unpaired) electrons. The summed E-state index contributed by atoms with van der Waals surface area (Å²) in [6.45, 7) is 6.34. The van der Waals surface area contributed by atoms with Gasteiger partial charge in [-0.15, -0.1) is 5.10 Å². The van der Waals surface area contributed by atoms with E-state index in [9.17, 15) is 0 Å². The van der Waals surface area contributed by atoms with Gasteiger partial charge in [0.15, 0.2) is 11.7 Å². The first-order valence-corrected chi connectivity index (χ1v) is 11.0. The van der Waals surface area contributed by atoms with Crippen molar-refractivity contribution < 1.29 is 4.42 Å². The van der Waals surface area contributed by atoms with E-state index in [2.05, 4.69) is 54.8 Å². The summed E-state index contributed by atoms with van der Waals surface area (Å²) in [6, 6.07) is 12.2. The second-order valence-corrected chi connectivity index (χ2v) is 8.04. The number of hydrogen-bond acceptors (Lipinski definition) is 5. The molecule has 0 amide bonds. The largest absolute Gasteiger partial charge is 0.461 e. The summed E-state index contributed by atoms with van der Waals surface area (Å²) in [6.07, 6.45) is 3.75. The number of aromatic amines is 1. The van der Waals surface area contributed by atoms with Crippen molar-refractivity contribution in [3.8, 4) is 11.6 Å². The summed E-state index contributed by atoms with van der Waals surface area (Å²) in [5, 5.41) is 14.8. The van der Waals surface area contributed by atoms with E-state index in [-0.39, 0.29) is 0 Å². The third kappa shape index (κ3) is 6.08. The lowest BCUT2D eigenvalue weighted by Crippen LogP contribution is -2.48. The molecule has 0 unspecified atom stereocenters. The average Bonchev–Trinajstić information content (AvgIpc) is 3.47. The molecule has 1 aromatic carbocycles. The van der Waals surface area contributed by atoms with Gasteiger partial charge in [0.1, 0.15) is 12.4 Å². The van der Waals surface area contributed by atoms with Crippen LogP contribution < -0.4 is 10.6 Å². The highest BCUT2D eigenvalue weighted by molar-refractivity contribution is 6.30. The summed E-state index contributed by atoms with van der Waals surface area (Å²) in [5.41, 5.74) is 1.30. The van der Waals surface area contributed by atoms with Crippen LogP contribution in [0.1, 0.15) is 31.2 Å². The normalized spacial score (nSPS) is 15.9. The summed E-state index contributed by atoms with van der Waals surface area (Å²) < 4.78 is 5.33. The third-order valence-electron chi connectivity index (χ3n) is 5.25. The number of guanidine groups is 1. The van der Waals surface area contributed by atoms with Gasteiger partial charge in [-0.25, -0.2) is 9.98 Å². The lowest BCUT2D eigenvalue weighted by molar-refractivity contribution is 0.198. The Bertz CT molecular complexity index is 960. The SMILES string of the molecule is CCNC(=NCc1nc(-c2ccco2)n[nH]1)NC1CCN(Cc2ccc(Cl)cc2)CC1. The number of likely N-dealkylation sites (tertiary alicyclic amines) is 1. The van der Waals surface area contributed by atoms with Crippen LogP contribution in [0, 0.1) is 0 Å². The highest BCUT2D eigenvalue weighted by Crippen LogP contribution is 2.16. The molecule has 3 N–H and O–H groups in total. The summed E-state index contributed by atoms with van der Waals surface area (Å²) in [7, 11) is 0. The Kier molecular flexibility index (Phi) is 7.22. The fraction of sp³-hybridized carbons (Fsp3) is 0.409. The van der Waals surface area contributed by atoms with Crippen molar-refractivity contribution >= 4 is 17.6 Å². The Morgan fingerprint density at radius 1 is 1.26 bits per heavy atom. The molecule has 3 heterocycles. The van der Waals surface area contributed by atoms with E-state index in [0.717, 1.165) is 50.0 Å². The van der Waals surface area contributed by atoms with Gasteiger partial charge in [-0.05, 0) is 49.6 Å². The van der Waals surface area contributed by atoms with Crippen LogP contribution in [0.3, 0.4) is 0 Å². The van der Waals surface area contributed by atoms with Crippen LogP contribution in [-0.4, -0.2) is 51.7 Å². The van der Waals surface area contributed by atoms with Crippen LogP contribution in [-0.2, 0) is 13.1 Å². The lowest BCUT2D eigenvalue weighted by Gasteiger charge is -2.33. The van der Waals surface area contributed by atoms with Crippen molar-refractivity contribution in [1.29, 1.82) is 0 Å². The van der Waals surface area contributed by atoms with Gasteiger partial charge in [0, 0.05) is 37.2 Å². The molecule has 0 spiro atoms. The quantitative estimate of drug-likeness (QED) is 0.384. The Morgan fingerprint density at radius 3 is 2.77 bits per heavy atom. The predicted octanol–water partition coefficient (Wildman–Crippen LogP) is 3.44. The number of hydrogen-bond donors (Lipinski definition) is 3. The second-order valence-electron chi connectivity index (χ2n) is 7.60. The van der Waals surface area contributed by atoms with E-state index in [1.807, 2.05) is 24.3 Å². The van der Waals surface area contributed by atoms with Crippen molar-refractivity contribution in [2.75, 3.05) is 19.6 Å². The summed E-state index contributed by atoms with van der Waals surface area (Å²) in [4.78, 5) is 11.6. The molecular formula is C22H28ClN7O. The molecule has 8 nitrogen and oxygen atoms in total. The summed E-state index contributed by atoms with van der Waals surface area (Å²) in [5.74, 6) is 2.68. The molecule has 0 aliphatic carbocycles. The number of furan rings is 1. The molecule has 0 saturated carbocycles. The molecule has 1 aliphatic rings. The zero-order chi connectivity index (χ0) is 21.5. The predicted molar refractivity (Wildman–Crippen MR) is 122 cm³/mol. The van der Waals surface area contributed by atoms with Gasteiger partial charge in [0.25, 0.3) is 0 Å². The van der Waals surface area contributed by atoms with E-state index in [0.29, 0.717) is 30.0 Å². The first-order chi connectivity index (χ1) is 15.2. The number of benzene rings is 1. The topological polar surface area (TPSA) is 94.4 Å². The molecule has 164 valence electrons. The lowest BCUT2D eigenvalue weighted by atomic mass is 10.0. The molecule has 1 aliphatic heterocycles. The number of nitrogens with one attached hydrogen (secondary N) is 3. The fourth-order valence-electron chi connectivity index (χ4n) is 3.63. The van der Waals surface area contributed by atoms with Gasteiger partial charge in [-0.2, -0.15) is 0 Å². The number of nitrogens with zero attached hydrogens (tertiary/aromatic N) is 4. The number of aromatic nitrogens is 3. The second kappa shape index (κ2) is 10.5. The number of halogens is 1. The molecule has 0 atom stereocenters. The van der Waals surface area contributed by atoms with E-state index < -0.39 is 0 Å². The molecule has 4 rings (SSSR count). The van der Waals surface area contributed by atoms with Gasteiger partial charge < -0.3 is 15.1 Å². The van der Waals surface area contributed by atoms with Crippen molar-refractivity contribution in [3.05, 3.63) is 59.1 Å². The first-order valence-electron chi connectivity index (χ1n) is 10.7. The molecule has 3 aromatic rings. The third-order valence-corrected chi connectivity index (χ3v) is 5.50. The van der Waals surface area contributed by atoms with Crippen LogP contribution in [0.2, 0.25) is 5.02 Å². The zero-order valence-electron chi connectivity index (χ0n) is 17.6. The molecule has 2 aromatic heterocycles.